The number of nitrogens with zero attached hydrogens (tertiary/aromatic N) is 2. The third kappa shape index (κ3) is 5.45. The molecule has 1 aromatic heterocycles. The number of halogens is 1. The predicted molar refractivity (Wildman–Crippen MR) is 143 cm³/mol. The molecule has 7 nitrogen and oxygen atoms in total. The van der Waals surface area contributed by atoms with Crippen LogP contribution < -0.4 is 4.74 Å². The molecule has 2 aromatic carbocycles. The number of hydrogen-bond donors (Lipinski definition) is 0. The van der Waals surface area contributed by atoms with Crippen molar-refractivity contribution in [3.63, 3.8) is 0 Å². The van der Waals surface area contributed by atoms with Gasteiger partial charge in [0.2, 0.25) is 5.91 Å². The number of aryl methyl sites for hydroxylation is 1. The van der Waals surface area contributed by atoms with Crippen LogP contribution in [0.25, 0.3) is 10.9 Å². The summed E-state index contributed by atoms with van der Waals surface area (Å²) in [4.78, 5) is 14.4. The van der Waals surface area contributed by atoms with Gasteiger partial charge in [0, 0.05) is 55.6 Å². The number of rotatable bonds is 7. The average molecular weight is 543 g/mol. The van der Waals surface area contributed by atoms with Crippen LogP contribution >= 0.6 is 0 Å². The minimum atomic E-state index is -3.74. The molecule has 2 aliphatic rings. The Kier molecular flexibility index (Phi) is 7.51. The lowest BCUT2D eigenvalue weighted by molar-refractivity contribution is -0.135. The minimum absolute atomic E-state index is 0.00547. The van der Waals surface area contributed by atoms with Crippen molar-refractivity contribution in [3.8, 4) is 5.75 Å². The summed E-state index contributed by atoms with van der Waals surface area (Å²) in [7, 11) is -1.74. The Hall–Kier alpha value is -2.91. The third-order valence-electron chi connectivity index (χ3n) is 7.63. The average Bonchev–Trinajstić information content (AvgIpc) is 3.52. The van der Waals surface area contributed by atoms with Gasteiger partial charge in [-0.2, -0.15) is 0 Å². The number of carbonyl (C=O) groups excluding carboxylic acids is 1. The van der Waals surface area contributed by atoms with Gasteiger partial charge in [-0.3, -0.25) is 4.79 Å². The van der Waals surface area contributed by atoms with Gasteiger partial charge in [-0.25, -0.2) is 12.8 Å². The normalized spacial score (nSPS) is 19.0. The van der Waals surface area contributed by atoms with E-state index in [4.69, 9.17) is 9.47 Å². The van der Waals surface area contributed by atoms with Crippen molar-refractivity contribution < 1.29 is 27.1 Å². The monoisotopic (exact) mass is 542 g/mol. The van der Waals surface area contributed by atoms with Gasteiger partial charge in [0.05, 0.1) is 23.9 Å². The topological polar surface area (TPSA) is 77.8 Å². The van der Waals surface area contributed by atoms with Gasteiger partial charge in [0.15, 0.2) is 21.4 Å². The number of carbonyl (C=O) groups is 1. The van der Waals surface area contributed by atoms with E-state index < -0.39 is 15.7 Å². The predicted octanol–water partition coefficient (Wildman–Crippen LogP) is 4.82. The Labute approximate surface area is 223 Å². The highest BCUT2D eigenvalue weighted by atomic mass is 32.2. The number of piperidine rings is 1. The second-order valence-corrected chi connectivity index (χ2v) is 12.7. The van der Waals surface area contributed by atoms with E-state index in [1.54, 1.807) is 0 Å². The first-order valence-electron chi connectivity index (χ1n) is 13.3. The van der Waals surface area contributed by atoms with Gasteiger partial charge >= 0.3 is 0 Å². The van der Waals surface area contributed by atoms with Crippen LogP contribution in [-0.2, 0) is 32.2 Å². The zero-order chi connectivity index (χ0) is 27.0. The van der Waals surface area contributed by atoms with Crippen LogP contribution in [0.3, 0.4) is 0 Å². The van der Waals surface area contributed by atoms with Crippen LogP contribution in [0, 0.1) is 11.7 Å². The molecule has 38 heavy (non-hydrogen) atoms. The highest BCUT2D eigenvalue weighted by Crippen LogP contribution is 2.35. The second kappa shape index (κ2) is 10.7. The van der Waals surface area contributed by atoms with Gasteiger partial charge in [-0.15, -0.1) is 0 Å². The summed E-state index contributed by atoms with van der Waals surface area (Å²) in [6.07, 6.45) is 4.25. The molecule has 2 saturated heterocycles. The van der Waals surface area contributed by atoms with Gasteiger partial charge in [0.25, 0.3) is 0 Å². The largest absolute Gasteiger partial charge is 0.485 e. The van der Waals surface area contributed by atoms with E-state index in [-0.39, 0.29) is 34.3 Å². The maximum absolute atomic E-state index is 14.4. The van der Waals surface area contributed by atoms with Crippen molar-refractivity contribution in [2.45, 2.75) is 55.8 Å². The molecule has 1 atom stereocenters. The SMILES string of the molecule is CC(C)C(=O)N1CCC(c2cn(C)c3ccc(CS(=O)(=O)c4ccc(F)c(O[C@@H]5CCOC5)c4)cc23)CC1. The van der Waals surface area contributed by atoms with Crippen LogP contribution in [0.4, 0.5) is 4.39 Å². The summed E-state index contributed by atoms with van der Waals surface area (Å²) < 4.78 is 54.1. The Morgan fingerprint density at radius 2 is 1.89 bits per heavy atom. The first-order chi connectivity index (χ1) is 18.1. The molecule has 0 spiro atoms. The number of ether oxygens (including phenoxy) is 2. The van der Waals surface area contributed by atoms with E-state index in [1.807, 2.05) is 44.0 Å². The summed E-state index contributed by atoms with van der Waals surface area (Å²) >= 11 is 0. The van der Waals surface area contributed by atoms with Crippen molar-refractivity contribution >= 4 is 26.6 Å². The summed E-state index contributed by atoms with van der Waals surface area (Å²) in [5, 5.41) is 1.04. The first kappa shape index (κ1) is 26.7. The zero-order valence-electron chi connectivity index (χ0n) is 22.2. The number of sulfone groups is 1. The molecule has 2 fully saturated rings. The number of likely N-dealkylation sites (tertiary alicyclic amines) is 1. The van der Waals surface area contributed by atoms with Gasteiger partial charge < -0.3 is 18.9 Å². The summed E-state index contributed by atoms with van der Waals surface area (Å²) in [5.74, 6) is -0.361. The lowest BCUT2D eigenvalue weighted by Gasteiger charge is -2.33. The maximum Gasteiger partial charge on any atom is 0.225 e. The molecule has 1 amide bonds. The first-order valence-corrected chi connectivity index (χ1v) is 14.9. The van der Waals surface area contributed by atoms with Crippen LogP contribution in [0.15, 0.2) is 47.5 Å². The van der Waals surface area contributed by atoms with E-state index >= 15 is 0 Å². The van der Waals surface area contributed by atoms with Crippen molar-refractivity contribution in [3.05, 3.63) is 59.5 Å². The molecule has 0 bridgehead atoms. The molecule has 5 rings (SSSR count). The number of hydrogen-bond acceptors (Lipinski definition) is 5. The Morgan fingerprint density at radius 1 is 1.13 bits per heavy atom. The minimum Gasteiger partial charge on any atom is -0.485 e. The lowest BCUT2D eigenvalue weighted by atomic mass is 9.88. The molecular formula is C29H35FN2O5S. The number of aromatic nitrogens is 1. The van der Waals surface area contributed by atoms with Gasteiger partial charge in [-0.1, -0.05) is 19.9 Å². The fourth-order valence-corrected chi connectivity index (χ4v) is 6.86. The Balaban J connectivity index is 1.37. The quantitative estimate of drug-likeness (QED) is 0.400. The number of fused-ring (bicyclic) bond motifs is 1. The molecule has 204 valence electrons. The molecule has 0 N–H and O–H groups in total. The molecule has 9 heteroatoms. The maximum atomic E-state index is 14.4. The van der Waals surface area contributed by atoms with E-state index in [0.29, 0.717) is 31.1 Å². The summed E-state index contributed by atoms with van der Waals surface area (Å²) in [6.45, 7) is 6.23. The molecule has 2 aliphatic heterocycles. The summed E-state index contributed by atoms with van der Waals surface area (Å²) in [6, 6.07) is 9.48. The molecule has 0 unspecified atom stereocenters. The molecule has 0 radical (unpaired) electrons. The summed E-state index contributed by atoms with van der Waals surface area (Å²) in [5.41, 5.74) is 2.90. The number of benzene rings is 2. The van der Waals surface area contributed by atoms with E-state index in [1.165, 1.54) is 17.7 Å². The van der Waals surface area contributed by atoms with E-state index in [0.717, 1.165) is 42.9 Å². The fourth-order valence-electron chi connectivity index (χ4n) is 5.52. The Bertz CT molecular complexity index is 1430. The second-order valence-electron chi connectivity index (χ2n) is 10.8. The van der Waals surface area contributed by atoms with Crippen molar-refractivity contribution in [2.75, 3.05) is 26.3 Å². The van der Waals surface area contributed by atoms with Crippen molar-refractivity contribution in [1.29, 1.82) is 0 Å². The highest BCUT2D eigenvalue weighted by Gasteiger charge is 2.28. The molecule has 0 aliphatic carbocycles. The van der Waals surface area contributed by atoms with Gasteiger partial charge in [-0.05, 0) is 54.2 Å². The molecule has 3 aromatic rings. The van der Waals surface area contributed by atoms with Gasteiger partial charge in [0.1, 0.15) is 6.10 Å². The van der Waals surface area contributed by atoms with Crippen LogP contribution in [0.1, 0.15) is 50.2 Å². The standard InChI is InChI=1S/C29H35FN2O5S/c1-19(2)29(33)32-11-8-21(9-12-32)25-16-31(3)27-7-4-20(14-24(25)27)18-38(34,35)23-5-6-26(30)28(15-23)37-22-10-13-36-17-22/h4-7,14-16,19,21-22H,8-13,17-18H2,1-3H3/t22-/m1/s1. The van der Waals surface area contributed by atoms with Crippen LogP contribution in [0.2, 0.25) is 0 Å². The van der Waals surface area contributed by atoms with Crippen molar-refractivity contribution in [1.82, 2.24) is 9.47 Å². The highest BCUT2D eigenvalue weighted by molar-refractivity contribution is 7.90. The number of amides is 1. The lowest BCUT2D eigenvalue weighted by Crippen LogP contribution is -2.40. The molecule has 3 heterocycles. The van der Waals surface area contributed by atoms with Crippen LogP contribution in [-0.4, -0.2) is 56.2 Å². The Morgan fingerprint density at radius 3 is 2.58 bits per heavy atom. The zero-order valence-corrected chi connectivity index (χ0v) is 23.0. The fraction of sp³-hybridized carbons (Fsp3) is 0.483. The van der Waals surface area contributed by atoms with Crippen LogP contribution in [0.5, 0.6) is 5.75 Å². The van der Waals surface area contributed by atoms with E-state index in [2.05, 4.69) is 10.8 Å². The molecule has 0 saturated carbocycles. The van der Waals surface area contributed by atoms with Crippen molar-refractivity contribution in [2.24, 2.45) is 13.0 Å². The third-order valence-corrected chi connectivity index (χ3v) is 9.31. The van der Waals surface area contributed by atoms with E-state index in [9.17, 15) is 17.6 Å². The smallest absolute Gasteiger partial charge is 0.225 e. The molecular weight excluding hydrogens is 507 g/mol.